The summed E-state index contributed by atoms with van der Waals surface area (Å²) in [6.07, 6.45) is 3.69. The Morgan fingerprint density at radius 2 is 2.00 bits per heavy atom. The van der Waals surface area contributed by atoms with E-state index in [0.717, 1.165) is 36.2 Å². The van der Waals surface area contributed by atoms with Crippen LogP contribution in [0.3, 0.4) is 0 Å². The molecule has 0 N–H and O–H groups in total. The van der Waals surface area contributed by atoms with Crippen molar-refractivity contribution >= 4 is 22.5 Å². The monoisotopic (exact) mass is 347 g/mol. The lowest BCUT2D eigenvalue weighted by molar-refractivity contribution is -0.118. The summed E-state index contributed by atoms with van der Waals surface area (Å²) < 4.78 is 1.75. The number of fused-ring (bicyclic) bond motifs is 2. The van der Waals surface area contributed by atoms with E-state index in [4.69, 9.17) is 0 Å². The number of carbonyl (C=O) groups excluding carboxylic acids is 1. The fraction of sp³-hybridized carbons (Fsp3) is 0.286. The molecule has 0 spiro atoms. The smallest absolute Gasteiger partial charge is 0.228 e. The highest BCUT2D eigenvalue weighted by Gasteiger charge is 2.23. The van der Waals surface area contributed by atoms with Gasteiger partial charge in [0.05, 0.1) is 18.3 Å². The second-order valence-corrected chi connectivity index (χ2v) is 6.73. The van der Waals surface area contributed by atoms with Crippen LogP contribution in [0.15, 0.2) is 53.5 Å². The molecule has 0 saturated heterocycles. The summed E-state index contributed by atoms with van der Waals surface area (Å²) in [7, 11) is 0. The number of rotatable bonds is 3. The van der Waals surface area contributed by atoms with E-state index in [9.17, 15) is 9.59 Å². The van der Waals surface area contributed by atoms with Gasteiger partial charge in [0.25, 0.3) is 0 Å². The molecule has 5 nitrogen and oxygen atoms in total. The number of nitrogens with zero attached hydrogens (tertiary/aromatic N) is 3. The maximum absolute atomic E-state index is 12.9. The first kappa shape index (κ1) is 16.5. The topological polar surface area (TPSA) is 55.2 Å². The number of aromatic nitrogens is 2. The molecule has 0 aliphatic carbocycles. The molecule has 1 aromatic heterocycles. The van der Waals surface area contributed by atoms with Crippen molar-refractivity contribution in [1.29, 1.82) is 0 Å². The van der Waals surface area contributed by atoms with Crippen molar-refractivity contribution in [1.82, 2.24) is 9.78 Å². The van der Waals surface area contributed by atoms with E-state index >= 15 is 0 Å². The molecule has 1 aliphatic rings. The van der Waals surface area contributed by atoms with Crippen LogP contribution in [0.4, 0.5) is 5.69 Å². The number of carbonyl (C=O) groups is 1. The average Bonchev–Trinajstić information content (AvgIpc) is 2.67. The van der Waals surface area contributed by atoms with E-state index < -0.39 is 0 Å². The Bertz CT molecular complexity index is 1040. The first-order valence-corrected chi connectivity index (χ1v) is 8.99. The van der Waals surface area contributed by atoms with Crippen LogP contribution in [0.1, 0.15) is 24.0 Å². The molecule has 0 saturated carbocycles. The molecule has 0 radical (unpaired) electrons. The number of para-hydroxylation sites is 2. The van der Waals surface area contributed by atoms with Gasteiger partial charge in [-0.05, 0) is 43.0 Å². The standard InChI is InChI=1S/C21H21N3O2/c1-15-6-4-7-16-8-5-12-23(21(15)16)20(26)11-13-24-18-10-3-2-9-17(18)19(25)14-22-24/h2-4,6-7,9-10,14H,5,8,11-13H2,1H3. The number of benzene rings is 2. The average molecular weight is 347 g/mol. The molecule has 1 amide bonds. The first-order chi connectivity index (χ1) is 12.6. The zero-order valence-corrected chi connectivity index (χ0v) is 14.8. The summed E-state index contributed by atoms with van der Waals surface area (Å²) in [5, 5.41) is 4.85. The van der Waals surface area contributed by atoms with Crippen LogP contribution in [0.25, 0.3) is 10.9 Å². The highest BCUT2D eigenvalue weighted by atomic mass is 16.2. The predicted octanol–water partition coefficient (Wildman–Crippen LogP) is 3.07. The lowest BCUT2D eigenvalue weighted by Gasteiger charge is -2.31. The quantitative estimate of drug-likeness (QED) is 0.732. The molecule has 0 atom stereocenters. The highest BCUT2D eigenvalue weighted by molar-refractivity contribution is 5.95. The largest absolute Gasteiger partial charge is 0.312 e. The second-order valence-electron chi connectivity index (χ2n) is 6.73. The summed E-state index contributed by atoms with van der Waals surface area (Å²) in [4.78, 5) is 26.8. The van der Waals surface area contributed by atoms with Crippen LogP contribution in [0.5, 0.6) is 0 Å². The number of hydrogen-bond acceptors (Lipinski definition) is 3. The predicted molar refractivity (Wildman–Crippen MR) is 102 cm³/mol. The van der Waals surface area contributed by atoms with Gasteiger partial charge >= 0.3 is 0 Å². The fourth-order valence-electron chi connectivity index (χ4n) is 3.77. The molecule has 2 heterocycles. The summed E-state index contributed by atoms with van der Waals surface area (Å²) in [6.45, 7) is 3.27. The van der Waals surface area contributed by atoms with Gasteiger partial charge < -0.3 is 4.90 Å². The SMILES string of the molecule is Cc1cccc2c1N(C(=O)CCn1ncc(=O)c3ccccc31)CCC2. The summed E-state index contributed by atoms with van der Waals surface area (Å²) >= 11 is 0. The number of hydrogen-bond donors (Lipinski definition) is 0. The van der Waals surface area contributed by atoms with Crippen LogP contribution in [-0.2, 0) is 17.8 Å². The maximum Gasteiger partial charge on any atom is 0.228 e. The Balaban J connectivity index is 1.58. The Kier molecular flexibility index (Phi) is 4.29. The van der Waals surface area contributed by atoms with Gasteiger partial charge in [-0.3, -0.25) is 14.3 Å². The van der Waals surface area contributed by atoms with Crippen LogP contribution in [0, 0.1) is 6.92 Å². The van der Waals surface area contributed by atoms with Gasteiger partial charge in [0.2, 0.25) is 11.3 Å². The van der Waals surface area contributed by atoms with E-state index in [0.29, 0.717) is 18.4 Å². The van der Waals surface area contributed by atoms with Crippen molar-refractivity contribution in [3.63, 3.8) is 0 Å². The van der Waals surface area contributed by atoms with Gasteiger partial charge in [-0.1, -0.05) is 30.3 Å². The van der Waals surface area contributed by atoms with Gasteiger partial charge in [-0.25, -0.2) is 0 Å². The molecule has 26 heavy (non-hydrogen) atoms. The minimum atomic E-state index is -0.0937. The first-order valence-electron chi connectivity index (χ1n) is 8.99. The van der Waals surface area contributed by atoms with Crippen LogP contribution in [0.2, 0.25) is 0 Å². The van der Waals surface area contributed by atoms with E-state index in [-0.39, 0.29) is 11.3 Å². The van der Waals surface area contributed by atoms with Gasteiger partial charge in [-0.2, -0.15) is 5.10 Å². The third-order valence-corrected chi connectivity index (χ3v) is 5.02. The highest BCUT2D eigenvalue weighted by Crippen LogP contribution is 2.31. The van der Waals surface area contributed by atoms with Gasteiger partial charge in [0.15, 0.2) is 0 Å². The summed E-state index contributed by atoms with van der Waals surface area (Å²) in [5.41, 5.74) is 4.13. The van der Waals surface area contributed by atoms with Crippen molar-refractivity contribution in [2.75, 3.05) is 11.4 Å². The minimum absolute atomic E-state index is 0.0937. The zero-order chi connectivity index (χ0) is 18.1. The lowest BCUT2D eigenvalue weighted by atomic mass is 9.98. The van der Waals surface area contributed by atoms with Crippen molar-refractivity contribution in [3.05, 3.63) is 70.0 Å². The minimum Gasteiger partial charge on any atom is -0.312 e. The van der Waals surface area contributed by atoms with E-state index in [1.807, 2.05) is 23.1 Å². The van der Waals surface area contributed by atoms with E-state index in [2.05, 4.69) is 30.2 Å². The Labute approximate surface area is 151 Å². The van der Waals surface area contributed by atoms with Gasteiger partial charge in [0.1, 0.15) is 0 Å². The van der Waals surface area contributed by atoms with Gasteiger partial charge in [-0.15, -0.1) is 0 Å². The number of aryl methyl sites for hydroxylation is 3. The molecule has 0 bridgehead atoms. The molecule has 2 aromatic carbocycles. The van der Waals surface area contributed by atoms with Gasteiger partial charge in [0, 0.05) is 24.0 Å². The maximum atomic E-state index is 12.9. The Hall–Kier alpha value is -2.95. The molecule has 0 unspecified atom stereocenters. The summed E-state index contributed by atoms with van der Waals surface area (Å²) in [5.74, 6) is 0.102. The third kappa shape index (κ3) is 2.90. The fourth-order valence-corrected chi connectivity index (χ4v) is 3.77. The molecule has 5 heteroatoms. The van der Waals surface area contributed by atoms with Crippen LogP contribution < -0.4 is 10.3 Å². The van der Waals surface area contributed by atoms with E-state index in [1.54, 1.807) is 10.7 Å². The van der Waals surface area contributed by atoms with Crippen LogP contribution in [-0.4, -0.2) is 22.2 Å². The zero-order valence-electron chi connectivity index (χ0n) is 14.8. The molecular weight excluding hydrogens is 326 g/mol. The Morgan fingerprint density at radius 3 is 2.88 bits per heavy atom. The molecule has 0 fully saturated rings. The van der Waals surface area contributed by atoms with E-state index in [1.165, 1.54) is 11.8 Å². The molecule has 3 aromatic rings. The molecular formula is C21H21N3O2. The lowest BCUT2D eigenvalue weighted by Crippen LogP contribution is -2.36. The second kappa shape index (κ2) is 6.75. The summed E-state index contributed by atoms with van der Waals surface area (Å²) in [6, 6.07) is 13.6. The van der Waals surface area contributed by atoms with Crippen molar-refractivity contribution in [3.8, 4) is 0 Å². The Morgan fingerprint density at radius 1 is 1.15 bits per heavy atom. The molecule has 1 aliphatic heterocycles. The molecule has 132 valence electrons. The molecule has 4 rings (SSSR count). The third-order valence-electron chi connectivity index (χ3n) is 5.02. The number of amides is 1. The number of anilines is 1. The van der Waals surface area contributed by atoms with Crippen molar-refractivity contribution in [2.24, 2.45) is 0 Å². The normalized spacial score (nSPS) is 13.7. The van der Waals surface area contributed by atoms with Crippen molar-refractivity contribution < 1.29 is 4.79 Å². The van der Waals surface area contributed by atoms with Crippen LogP contribution >= 0.6 is 0 Å². The van der Waals surface area contributed by atoms with Crippen molar-refractivity contribution in [2.45, 2.75) is 32.7 Å².